The van der Waals surface area contributed by atoms with E-state index in [2.05, 4.69) is 25.9 Å². The van der Waals surface area contributed by atoms with Crippen LogP contribution in [0, 0.1) is 0 Å². The molecule has 1 aromatic heterocycles. The first-order chi connectivity index (χ1) is 14.1. The molecule has 0 radical (unpaired) electrons. The fourth-order valence-electron chi connectivity index (χ4n) is 2.34. The van der Waals surface area contributed by atoms with Gasteiger partial charge in [0.05, 0.1) is 19.0 Å². The van der Waals surface area contributed by atoms with Crippen molar-refractivity contribution < 1.29 is 29.4 Å². The van der Waals surface area contributed by atoms with Gasteiger partial charge in [-0.3, -0.25) is 14.4 Å². The first-order valence-corrected chi connectivity index (χ1v) is 10.5. The predicted molar refractivity (Wildman–Crippen MR) is 109 cm³/mol. The van der Waals surface area contributed by atoms with Crippen molar-refractivity contribution in [2.45, 2.75) is 44.0 Å². The zero-order chi connectivity index (χ0) is 22.7. The molecule has 0 aromatic carbocycles. The van der Waals surface area contributed by atoms with Gasteiger partial charge in [0.25, 0.3) is 0 Å². The highest BCUT2D eigenvalue weighted by Crippen LogP contribution is 2.04. The van der Waals surface area contributed by atoms with Crippen LogP contribution in [0.3, 0.4) is 0 Å². The molecule has 0 aliphatic rings. The van der Waals surface area contributed by atoms with Gasteiger partial charge in [-0.15, -0.1) is 0 Å². The fraction of sp³-hybridized carbons (Fsp3) is 0.588. The number of aliphatic carboxylic acids is 1. The molecule has 0 saturated carbocycles. The highest BCUT2D eigenvalue weighted by atomic mass is 32.2. The van der Waals surface area contributed by atoms with Crippen molar-refractivity contribution in [2.24, 2.45) is 5.73 Å². The average Bonchev–Trinajstić information content (AvgIpc) is 3.20. The minimum atomic E-state index is -1.23. The summed E-state index contributed by atoms with van der Waals surface area (Å²) in [6, 6.07) is -3.39. The van der Waals surface area contributed by atoms with Crippen LogP contribution >= 0.6 is 11.8 Å². The van der Waals surface area contributed by atoms with Gasteiger partial charge in [-0.2, -0.15) is 11.8 Å². The number of hydrogen-bond acceptors (Lipinski definition) is 8. The number of thioether (sulfide) groups is 1. The summed E-state index contributed by atoms with van der Waals surface area (Å²) in [6.07, 6.45) is 3.85. The highest BCUT2D eigenvalue weighted by Gasteiger charge is 2.27. The number of carboxylic acids is 1. The van der Waals surface area contributed by atoms with E-state index in [1.54, 1.807) is 0 Å². The average molecular weight is 445 g/mol. The number of aromatic amines is 1. The molecule has 30 heavy (non-hydrogen) atoms. The van der Waals surface area contributed by atoms with Crippen LogP contribution in [0.2, 0.25) is 0 Å². The molecule has 0 spiro atoms. The van der Waals surface area contributed by atoms with Crippen molar-refractivity contribution in [1.29, 1.82) is 0 Å². The second-order valence-electron chi connectivity index (χ2n) is 6.57. The van der Waals surface area contributed by atoms with Crippen molar-refractivity contribution in [3.63, 3.8) is 0 Å². The van der Waals surface area contributed by atoms with Crippen LogP contribution in [-0.4, -0.2) is 86.7 Å². The molecule has 1 heterocycles. The van der Waals surface area contributed by atoms with Crippen molar-refractivity contribution in [1.82, 2.24) is 25.9 Å². The molecule has 13 heteroatoms. The molecule has 1 rings (SSSR count). The van der Waals surface area contributed by atoms with E-state index in [1.165, 1.54) is 31.2 Å². The Morgan fingerprint density at radius 1 is 1.23 bits per heavy atom. The van der Waals surface area contributed by atoms with E-state index in [-0.39, 0.29) is 12.8 Å². The quantitative estimate of drug-likeness (QED) is 0.173. The Labute approximate surface area is 177 Å². The van der Waals surface area contributed by atoms with E-state index in [4.69, 9.17) is 5.73 Å². The van der Waals surface area contributed by atoms with Crippen LogP contribution in [-0.2, 0) is 25.6 Å². The third-order valence-corrected chi connectivity index (χ3v) is 4.75. The Bertz CT molecular complexity index is 714. The Balaban J connectivity index is 2.69. The van der Waals surface area contributed by atoms with Crippen LogP contribution in [0.25, 0.3) is 0 Å². The number of carbonyl (C=O) groups excluding carboxylic acids is 3. The molecule has 0 aliphatic carbocycles. The van der Waals surface area contributed by atoms with E-state index in [0.29, 0.717) is 11.4 Å². The van der Waals surface area contributed by atoms with Gasteiger partial charge in [-0.1, -0.05) is 0 Å². The third kappa shape index (κ3) is 8.80. The smallest absolute Gasteiger partial charge is 0.326 e. The van der Waals surface area contributed by atoms with Gasteiger partial charge in [-0.05, 0) is 25.4 Å². The van der Waals surface area contributed by atoms with Crippen molar-refractivity contribution in [2.75, 3.05) is 18.6 Å². The molecule has 3 amide bonds. The lowest BCUT2D eigenvalue weighted by Gasteiger charge is -2.21. The molecule has 1 aromatic rings. The lowest BCUT2D eigenvalue weighted by molar-refractivity contribution is -0.142. The van der Waals surface area contributed by atoms with Crippen molar-refractivity contribution in [3.05, 3.63) is 18.2 Å². The summed E-state index contributed by atoms with van der Waals surface area (Å²) in [7, 11) is 0. The summed E-state index contributed by atoms with van der Waals surface area (Å²) >= 11 is 1.45. The number of H-pyrrole nitrogens is 1. The number of amides is 3. The lowest BCUT2D eigenvalue weighted by atomic mass is 10.1. The monoisotopic (exact) mass is 444 g/mol. The number of rotatable bonds is 13. The second-order valence-corrected chi connectivity index (χ2v) is 7.55. The first kappa shape index (κ1) is 25.4. The Morgan fingerprint density at radius 2 is 1.93 bits per heavy atom. The zero-order valence-corrected chi connectivity index (χ0v) is 17.6. The molecule has 0 bridgehead atoms. The number of aliphatic hydroxyl groups is 1. The van der Waals surface area contributed by atoms with Gasteiger partial charge in [0, 0.05) is 18.3 Å². The fourth-order valence-corrected chi connectivity index (χ4v) is 2.81. The van der Waals surface area contributed by atoms with Gasteiger partial charge in [0.2, 0.25) is 17.7 Å². The van der Waals surface area contributed by atoms with Crippen LogP contribution in [0.15, 0.2) is 12.5 Å². The van der Waals surface area contributed by atoms with Gasteiger partial charge in [-0.25, -0.2) is 9.78 Å². The van der Waals surface area contributed by atoms with E-state index in [1.807, 2.05) is 6.26 Å². The van der Waals surface area contributed by atoms with Gasteiger partial charge < -0.3 is 36.9 Å². The van der Waals surface area contributed by atoms with E-state index in [9.17, 15) is 29.4 Å². The highest BCUT2D eigenvalue weighted by molar-refractivity contribution is 7.98. The number of aromatic nitrogens is 2. The molecule has 4 unspecified atom stereocenters. The third-order valence-electron chi connectivity index (χ3n) is 4.10. The summed E-state index contributed by atoms with van der Waals surface area (Å²) in [4.78, 5) is 54.5. The lowest BCUT2D eigenvalue weighted by Crippen LogP contribution is -2.55. The molecular formula is C17H28N6O6S. The number of imidazole rings is 1. The van der Waals surface area contributed by atoms with Gasteiger partial charge in [0.15, 0.2) is 0 Å². The summed E-state index contributed by atoms with van der Waals surface area (Å²) < 4.78 is 0. The van der Waals surface area contributed by atoms with Crippen LogP contribution in [0.5, 0.6) is 0 Å². The van der Waals surface area contributed by atoms with Gasteiger partial charge in [0.1, 0.15) is 18.1 Å². The maximum absolute atomic E-state index is 12.6. The summed E-state index contributed by atoms with van der Waals surface area (Å²) in [5.74, 6) is -2.71. The SMILES string of the molecule is CSCCC(NC(=O)CNC(=O)C(N)C(C)O)C(=O)NC(Cc1cnc[nH]1)C(=O)O. The molecule has 168 valence electrons. The number of nitrogens with one attached hydrogen (secondary N) is 4. The van der Waals surface area contributed by atoms with Crippen LogP contribution in [0.4, 0.5) is 0 Å². The first-order valence-electron chi connectivity index (χ1n) is 9.15. The number of carboxylic acid groups (broad SMARTS) is 1. The Morgan fingerprint density at radius 3 is 2.47 bits per heavy atom. The number of nitrogens with zero attached hydrogens (tertiary/aromatic N) is 1. The van der Waals surface area contributed by atoms with Gasteiger partial charge >= 0.3 is 5.97 Å². The maximum Gasteiger partial charge on any atom is 0.326 e. The van der Waals surface area contributed by atoms with Crippen molar-refractivity contribution >= 4 is 35.5 Å². The van der Waals surface area contributed by atoms with E-state index < -0.39 is 54.5 Å². The minimum Gasteiger partial charge on any atom is -0.480 e. The maximum atomic E-state index is 12.6. The van der Waals surface area contributed by atoms with E-state index in [0.717, 1.165) is 0 Å². The normalized spacial score (nSPS) is 14.8. The summed E-state index contributed by atoms with van der Waals surface area (Å²) in [5.41, 5.74) is 6.01. The minimum absolute atomic E-state index is 0.00242. The molecule has 0 saturated heterocycles. The topological polar surface area (TPSA) is 200 Å². The molecule has 8 N–H and O–H groups in total. The standard InChI is InChI=1S/C17H28N6O6S/c1-9(24)14(18)16(27)20-7-13(25)22-11(3-4-30-2)15(26)23-12(17(28)29)5-10-6-19-8-21-10/h6,8-9,11-12,14,24H,3-5,7,18H2,1-2H3,(H,19,21)(H,20,27)(H,22,25)(H,23,26)(H,28,29). The molecule has 12 nitrogen and oxygen atoms in total. The van der Waals surface area contributed by atoms with Crippen LogP contribution < -0.4 is 21.7 Å². The number of aliphatic hydroxyl groups excluding tert-OH is 1. The second kappa shape index (κ2) is 12.8. The summed E-state index contributed by atoms with van der Waals surface area (Å²) in [5, 5.41) is 25.9. The largest absolute Gasteiger partial charge is 0.480 e. The summed E-state index contributed by atoms with van der Waals surface area (Å²) in [6.45, 7) is 0.897. The molecule has 0 aliphatic heterocycles. The van der Waals surface area contributed by atoms with E-state index >= 15 is 0 Å². The number of nitrogens with two attached hydrogens (primary N) is 1. The number of carbonyl (C=O) groups is 4. The zero-order valence-electron chi connectivity index (χ0n) is 16.8. The Kier molecular flexibility index (Phi) is 10.9. The molecule has 0 fully saturated rings. The predicted octanol–water partition coefficient (Wildman–Crippen LogP) is -2.42. The van der Waals surface area contributed by atoms with Crippen LogP contribution in [0.1, 0.15) is 19.0 Å². The van der Waals surface area contributed by atoms with Crippen molar-refractivity contribution in [3.8, 4) is 0 Å². The number of hydrogen-bond donors (Lipinski definition) is 7. The Hall–Kier alpha value is -2.64. The molecular weight excluding hydrogens is 416 g/mol. The molecule has 4 atom stereocenters.